The lowest BCUT2D eigenvalue weighted by atomic mass is 10.1. The van der Waals surface area contributed by atoms with Gasteiger partial charge in [-0.1, -0.05) is 11.6 Å². The number of hydrogen-bond donors (Lipinski definition) is 1. The molecule has 1 aliphatic heterocycles. The van der Waals surface area contributed by atoms with Gasteiger partial charge >= 0.3 is 0 Å². The highest BCUT2D eigenvalue weighted by molar-refractivity contribution is 6.33. The third kappa shape index (κ3) is 4.15. The van der Waals surface area contributed by atoms with Crippen molar-refractivity contribution in [2.45, 2.75) is 32.9 Å². The van der Waals surface area contributed by atoms with Crippen molar-refractivity contribution in [3.05, 3.63) is 51.3 Å². The van der Waals surface area contributed by atoms with Crippen LogP contribution in [-0.4, -0.2) is 55.5 Å². The maximum atomic E-state index is 12.3. The van der Waals surface area contributed by atoms with Crippen LogP contribution in [0.3, 0.4) is 0 Å². The van der Waals surface area contributed by atoms with E-state index in [-0.39, 0.29) is 24.3 Å². The first-order valence-electron chi connectivity index (χ1n) is 10.1. The molecule has 3 aromatic heterocycles. The van der Waals surface area contributed by atoms with Crippen LogP contribution in [0.2, 0.25) is 5.02 Å². The summed E-state index contributed by atoms with van der Waals surface area (Å²) in [6.45, 7) is 5.23. The van der Waals surface area contributed by atoms with Crippen LogP contribution < -0.4 is 15.2 Å². The fourth-order valence-corrected chi connectivity index (χ4v) is 4.23. The van der Waals surface area contributed by atoms with Crippen LogP contribution in [0.25, 0.3) is 11.1 Å². The van der Waals surface area contributed by atoms with Gasteiger partial charge in [-0.05, 0) is 25.5 Å². The number of hydrogen-bond acceptors (Lipinski definition) is 7. The molecule has 1 saturated heterocycles. The average molecular weight is 445 g/mol. The molecule has 10 heteroatoms. The molecule has 0 bridgehead atoms. The second kappa shape index (κ2) is 8.68. The summed E-state index contributed by atoms with van der Waals surface area (Å²) in [6.07, 6.45) is 3.99. The van der Waals surface area contributed by atoms with Crippen LogP contribution in [0, 0.1) is 13.8 Å². The molecule has 164 valence electrons. The zero-order valence-corrected chi connectivity index (χ0v) is 18.5. The second-order valence-corrected chi connectivity index (χ2v) is 8.00. The Bertz CT molecular complexity index is 1160. The summed E-state index contributed by atoms with van der Waals surface area (Å²) < 4.78 is 9.18. The van der Waals surface area contributed by atoms with Crippen molar-refractivity contribution in [3.8, 4) is 17.0 Å². The summed E-state index contributed by atoms with van der Waals surface area (Å²) in [6, 6.07) is 3.89. The maximum absolute atomic E-state index is 12.3. The van der Waals surface area contributed by atoms with Gasteiger partial charge in [0.05, 0.1) is 37.3 Å². The Morgan fingerprint density at radius 3 is 2.87 bits per heavy atom. The van der Waals surface area contributed by atoms with E-state index in [1.807, 2.05) is 42.6 Å². The van der Waals surface area contributed by atoms with Crippen molar-refractivity contribution in [2.75, 3.05) is 24.6 Å². The van der Waals surface area contributed by atoms with Gasteiger partial charge < -0.3 is 14.7 Å². The zero-order chi connectivity index (χ0) is 22.1. The number of halogens is 1. The van der Waals surface area contributed by atoms with Gasteiger partial charge in [0.1, 0.15) is 11.1 Å². The van der Waals surface area contributed by atoms with Crippen molar-refractivity contribution >= 4 is 17.3 Å². The Kier molecular flexibility index (Phi) is 5.97. The minimum Gasteiger partial charge on any atom is -0.472 e. The van der Waals surface area contributed by atoms with E-state index in [2.05, 4.69) is 15.2 Å². The molecule has 9 nitrogen and oxygen atoms in total. The predicted molar refractivity (Wildman–Crippen MR) is 118 cm³/mol. The van der Waals surface area contributed by atoms with E-state index in [4.69, 9.17) is 21.4 Å². The highest BCUT2D eigenvalue weighted by Crippen LogP contribution is 2.30. The summed E-state index contributed by atoms with van der Waals surface area (Å²) in [5, 5.41) is 17.7. The summed E-state index contributed by atoms with van der Waals surface area (Å²) in [7, 11) is 1.93. The molecular weight excluding hydrogens is 420 g/mol. The standard InChI is InChI=1S/C21H25ClN6O3/c1-13-19(14(2)26(3)25-13)15-4-6-23-18(10-15)31-16-5-7-27(12-16)17-11-24-28(8-9-29)21(30)20(17)22/h4,6,10-11,16,29H,5,7-9,12H2,1-3H3/t16-/m1/s1. The van der Waals surface area contributed by atoms with Gasteiger partial charge in [-0.3, -0.25) is 9.48 Å². The van der Waals surface area contributed by atoms with Gasteiger partial charge in [-0.25, -0.2) is 9.67 Å². The fraction of sp³-hybridized carbons (Fsp3) is 0.429. The molecule has 4 rings (SSSR count). The van der Waals surface area contributed by atoms with Gasteiger partial charge in [0.15, 0.2) is 0 Å². The summed E-state index contributed by atoms with van der Waals surface area (Å²) in [5.41, 5.74) is 4.32. The number of aryl methyl sites for hydroxylation is 2. The maximum Gasteiger partial charge on any atom is 0.287 e. The lowest BCUT2D eigenvalue weighted by Gasteiger charge is -2.20. The third-order valence-corrected chi connectivity index (χ3v) is 5.94. The number of rotatable bonds is 6. The van der Waals surface area contributed by atoms with Crippen molar-refractivity contribution in [1.82, 2.24) is 24.5 Å². The first kappa shape index (κ1) is 21.3. The molecular formula is C21H25ClN6O3. The summed E-state index contributed by atoms with van der Waals surface area (Å²) in [4.78, 5) is 18.7. The molecule has 0 aliphatic carbocycles. The Hall–Kier alpha value is -2.91. The first-order valence-corrected chi connectivity index (χ1v) is 10.5. The minimum atomic E-state index is -0.408. The SMILES string of the molecule is Cc1nn(C)c(C)c1-c1ccnc(O[C@@H]2CCN(c3cnn(CCO)c(=O)c3Cl)C2)c1. The molecule has 0 spiro atoms. The highest BCUT2D eigenvalue weighted by Gasteiger charge is 2.27. The van der Waals surface area contributed by atoms with E-state index in [0.717, 1.165) is 33.6 Å². The van der Waals surface area contributed by atoms with Crippen molar-refractivity contribution in [1.29, 1.82) is 0 Å². The smallest absolute Gasteiger partial charge is 0.287 e. The van der Waals surface area contributed by atoms with E-state index in [0.29, 0.717) is 24.7 Å². The average Bonchev–Trinajstić information content (AvgIpc) is 3.29. The number of anilines is 1. The fourth-order valence-electron chi connectivity index (χ4n) is 3.97. The molecule has 31 heavy (non-hydrogen) atoms. The molecule has 1 aliphatic rings. The summed E-state index contributed by atoms with van der Waals surface area (Å²) >= 11 is 6.28. The van der Waals surface area contributed by atoms with Crippen LogP contribution in [0.1, 0.15) is 17.8 Å². The number of nitrogens with zero attached hydrogens (tertiary/aromatic N) is 6. The monoisotopic (exact) mass is 444 g/mol. The number of pyridine rings is 1. The molecule has 0 saturated carbocycles. The predicted octanol–water partition coefficient (Wildman–Crippen LogP) is 1.96. The Morgan fingerprint density at radius 2 is 2.16 bits per heavy atom. The number of aliphatic hydroxyl groups is 1. The first-order chi connectivity index (χ1) is 14.9. The zero-order valence-electron chi connectivity index (χ0n) is 17.7. The van der Waals surface area contributed by atoms with Crippen LogP contribution in [0.4, 0.5) is 5.69 Å². The summed E-state index contributed by atoms with van der Waals surface area (Å²) in [5.74, 6) is 0.551. The van der Waals surface area contributed by atoms with Crippen LogP contribution in [-0.2, 0) is 13.6 Å². The molecule has 4 heterocycles. The number of aromatic nitrogens is 5. The minimum absolute atomic E-state index is 0.0882. The Balaban J connectivity index is 1.49. The molecule has 0 aromatic carbocycles. The highest BCUT2D eigenvalue weighted by atomic mass is 35.5. The van der Waals surface area contributed by atoms with Gasteiger partial charge in [-0.2, -0.15) is 10.2 Å². The van der Waals surface area contributed by atoms with Crippen molar-refractivity contribution < 1.29 is 9.84 Å². The van der Waals surface area contributed by atoms with Crippen LogP contribution in [0.15, 0.2) is 29.3 Å². The third-order valence-electron chi connectivity index (χ3n) is 5.58. The van der Waals surface area contributed by atoms with Gasteiger partial charge in [0, 0.05) is 43.5 Å². The van der Waals surface area contributed by atoms with Gasteiger partial charge in [0.25, 0.3) is 5.56 Å². The molecule has 0 amide bonds. The molecule has 1 N–H and O–H groups in total. The van der Waals surface area contributed by atoms with Gasteiger partial charge in [-0.15, -0.1) is 0 Å². The lowest BCUT2D eigenvalue weighted by molar-refractivity contribution is 0.216. The largest absolute Gasteiger partial charge is 0.472 e. The van der Waals surface area contributed by atoms with E-state index >= 15 is 0 Å². The normalized spacial score (nSPS) is 16.2. The van der Waals surface area contributed by atoms with Crippen LogP contribution in [0.5, 0.6) is 5.88 Å². The van der Waals surface area contributed by atoms with E-state index < -0.39 is 5.56 Å². The topological polar surface area (TPSA) is 98.3 Å². The Morgan fingerprint density at radius 1 is 1.35 bits per heavy atom. The van der Waals surface area contributed by atoms with E-state index in [9.17, 15) is 4.79 Å². The Labute approximate surface area is 184 Å². The molecule has 3 aromatic rings. The second-order valence-electron chi connectivity index (χ2n) is 7.62. The van der Waals surface area contributed by atoms with Crippen molar-refractivity contribution in [2.24, 2.45) is 7.05 Å². The van der Waals surface area contributed by atoms with E-state index in [1.165, 1.54) is 0 Å². The van der Waals surface area contributed by atoms with E-state index in [1.54, 1.807) is 12.4 Å². The van der Waals surface area contributed by atoms with Crippen molar-refractivity contribution in [3.63, 3.8) is 0 Å². The lowest BCUT2D eigenvalue weighted by Crippen LogP contribution is -2.30. The molecule has 1 fully saturated rings. The quantitative estimate of drug-likeness (QED) is 0.620. The molecule has 0 unspecified atom stereocenters. The number of ether oxygens (including phenoxy) is 1. The number of aliphatic hydroxyl groups excluding tert-OH is 1. The van der Waals surface area contributed by atoms with Crippen LogP contribution >= 0.6 is 11.6 Å². The molecule has 1 atom stereocenters. The van der Waals surface area contributed by atoms with Gasteiger partial charge in [0.2, 0.25) is 5.88 Å². The molecule has 0 radical (unpaired) electrons.